The van der Waals surface area contributed by atoms with Crippen molar-refractivity contribution in [3.63, 3.8) is 0 Å². The van der Waals surface area contributed by atoms with Crippen molar-refractivity contribution in [1.82, 2.24) is 40.8 Å². The summed E-state index contributed by atoms with van der Waals surface area (Å²) in [6.45, 7) is 16.8. The number of halogens is 4. The Bertz CT molecular complexity index is 7550. The van der Waals surface area contributed by atoms with E-state index in [2.05, 4.69) is 73.3 Å². The Labute approximate surface area is 850 Å². The standard InChI is InChI=1S/C108H117F4N11O18S5/c1-9-119-85-42-36-76(145(134,135)136)61-81(85)106(4,5)94(119)25-12-10-13-26-95-107(6,7)82-62-77(146(137,138)139)37-43-86(82)122(95)51-19-11-14-27-96(126)113-49-18-17-22-87(123-63-93(116-117-123)108(8,72-31-28-66(2)29-32-72)115-105(128)71-48-56-142-65-71)89(125)64-140-103-101(111)99(109)98(100(110)102(103)112)88(124)23-20-50-114-104(127)68-44-52-118(53-45-68)143(129,130)92-24-16-15-21-80(92)97-78-38-33-73(120-54-46-69-57-67(3)30-40-83(69)120)59-90(78)141-91-60-74(34-39-79(91)97)121-55-47-70-58-75(144(131,132)133)35-41-84(70)121/h10,12-13,15-16,21,24-26,30,33-43,48,56-63,65-66,68,72,87,116-117H,9,11,14,17-20,22-23,27-29,31-32,44-47,49-55,64H2,1-8H3,(H4-2,113,114,115,126,127,128,131,132,133,134,135,136,137,138,139)/p+1/t66?,72?,87-,108+/m0/s1. The van der Waals surface area contributed by atoms with Gasteiger partial charge in [-0.15, -0.1) is 5.53 Å². The van der Waals surface area contributed by atoms with Gasteiger partial charge in [0.1, 0.15) is 40.7 Å². The number of ketones is 2. The highest BCUT2D eigenvalue weighted by atomic mass is 32.2. The number of anilines is 3. The fourth-order valence-corrected chi connectivity index (χ4v) is 25.5. The highest BCUT2D eigenvalue weighted by Gasteiger charge is 2.48. The summed E-state index contributed by atoms with van der Waals surface area (Å²) in [5, 5.41) is 15.2. The van der Waals surface area contributed by atoms with Gasteiger partial charge >= 0.3 is 0 Å². The van der Waals surface area contributed by atoms with Crippen molar-refractivity contribution in [3.05, 3.63) is 266 Å². The lowest BCUT2D eigenvalue weighted by molar-refractivity contribution is -0.433. The first-order chi connectivity index (χ1) is 69.4. The van der Waals surface area contributed by atoms with Crippen molar-refractivity contribution in [2.45, 2.75) is 207 Å². The summed E-state index contributed by atoms with van der Waals surface area (Å²) in [5.41, 5.74) is 15.5. The first-order valence-electron chi connectivity index (χ1n) is 49.3. The normalized spacial score (nSPS) is 18.8. The molecule has 1 saturated heterocycles. The third-order valence-corrected chi connectivity index (χ3v) is 34.9. The fourth-order valence-electron chi connectivity index (χ4n) is 21.7. The van der Waals surface area contributed by atoms with E-state index in [1.54, 1.807) is 65.5 Å². The third kappa shape index (κ3) is 21.4. The number of nitrogens with zero attached hydrogens (tertiary/aromatic N) is 6. The maximum atomic E-state index is 16.3. The second kappa shape index (κ2) is 42.5. The van der Waals surface area contributed by atoms with Crippen LogP contribution in [0.15, 0.2) is 222 Å². The van der Waals surface area contributed by atoms with Crippen LogP contribution >= 0.6 is 11.3 Å². The number of hydrogen-bond acceptors (Lipinski definition) is 22. The minimum absolute atomic E-state index is 0.000229. The van der Waals surface area contributed by atoms with Crippen LogP contribution in [0.25, 0.3) is 33.4 Å². The molecule has 7 N–H and O–H groups in total. The minimum Gasteiger partial charge on any atom is -0.744 e. The Hall–Kier alpha value is -12.4. The van der Waals surface area contributed by atoms with Gasteiger partial charge in [-0.2, -0.15) is 50.4 Å². The van der Waals surface area contributed by atoms with Gasteiger partial charge in [0.05, 0.1) is 53.4 Å². The van der Waals surface area contributed by atoms with Crippen LogP contribution in [0.1, 0.15) is 193 Å². The Balaban J connectivity index is 0.521. The van der Waals surface area contributed by atoms with Crippen LogP contribution in [0.2, 0.25) is 0 Å². The van der Waals surface area contributed by atoms with Crippen molar-refractivity contribution in [2.75, 3.05) is 68.8 Å². The quantitative estimate of drug-likeness (QED) is 0.00278. The predicted octanol–water partition coefficient (Wildman–Crippen LogP) is 17.3. The number of thiophene rings is 1. The number of allylic oxidation sites excluding steroid dienone is 6. The molecule has 0 unspecified atom stereocenters. The number of amides is 3. The van der Waals surface area contributed by atoms with E-state index in [1.165, 1.54) is 62.6 Å². The average molecular weight is 2090 g/mol. The molecule has 146 heavy (non-hydrogen) atoms. The SMILES string of the molecule is CC[N+]1=C(/C=C/C=C/C=C2/N(CCCCCC(=O)NCCCC[C@@H](C(=O)COc3c(F)c(F)c(C(=O)CCCNC(=O)C4CCN(S(=O)(=O)c5ccccc5-c5c6ccc(=[N+]7CCc8cc(S(=O)(=O)O)ccc87)cc-6oc6cc(N7CCc8cc(C)ccc87)ccc56)CC4)c(F)c3F)N3C=C([C@](C)(NC(=O)c4ccsc4)C4CCC(C)CC4)NN3)c3ccc(S(=O)(=O)[O-])cc3C2(C)C)C(C)(C)c2cc(S(=O)(=O)O)ccc21. The molecule has 770 valence electrons. The zero-order valence-electron chi connectivity index (χ0n) is 82.3. The molecule has 8 aromatic rings. The number of benzene rings is 8. The highest BCUT2D eigenvalue weighted by Crippen LogP contribution is 2.51. The molecular weight excluding hydrogens is 1980 g/mol. The van der Waals surface area contributed by atoms with Crippen LogP contribution in [-0.2, 0) is 78.4 Å². The molecule has 38 heteroatoms. The Morgan fingerprint density at radius 1 is 0.692 bits per heavy atom. The monoisotopic (exact) mass is 2090 g/mol. The van der Waals surface area contributed by atoms with E-state index in [-0.39, 0.29) is 102 Å². The lowest BCUT2D eigenvalue weighted by atomic mass is 9.71. The van der Waals surface area contributed by atoms with E-state index in [9.17, 15) is 62.9 Å². The Kier molecular flexibility index (Phi) is 30.5. The molecule has 17 rings (SSSR count). The summed E-state index contributed by atoms with van der Waals surface area (Å²) in [6, 6.07) is 38.3. The number of carbonyl (C=O) groups excluding carboxylic acids is 5. The summed E-state index contributed by atoms with van der Waals surface area (Å²) in [7, 11) is -18.0. The molecule has 2 fully saturated rings. The van der Waals surface area contributed by atoms with Crippen LogP contribution in [0.5, 0.6) is 5.75 Å². The molecule has 1 aromatic heterocycles. The van der Waals surface area contributed by atoms with Crippen molar-refractivity contribution in [3.8, 4) is 28.2 Å². The molecule has 29 nitrogen and oxygen atoms in total. The number of hydrogen-bond donors (Lipinski definition) is 7. The van der Waals surface area contributed by atoms with Crippen LogP contribution in [0.4, 0.5) is 46.0 Å². The minimum atomic E-state index is -4.81. The number of carbonyl (C=O) groups is 5. The van der Waals surface area contributed by atoms with E-state index in [0.29, 0.717) is 120 Å². The topological polar surface area (TPSA) is 387 Å². The number of Topliss-reactive ketones (excluding diaryl/α,β-unsaturated/α-hetero) is 2. The molecule has 0 radical (unpaired) electrons. The lowest BCUT2D eigenvalue weighted by Gasteiger charge is -2.42. The molecule has 9 aliphatic rings. The van der Waals surface area contributed by atoms with E-state index in [0.717, 1.165) is 88.3 Å². The first kappa shape index (κ1) is 105. The molecule has 2 aliphatic carbocycles. The van der Waals surface area contributed by atoms with Gasteiger partial charge in [-0.05, 0) is 219 Å². The number of aryl methyl sites for hydroxylation is 1. The van der Waals surface area contributed by atoms with Crippen molar-refractivity contribution in [1.29, 1.82) is 0 Å². The Morgan fingerprint density at radius 3 is 2.12 bits per heavy atom. The fraction of sp³-hybridized carbons (Fsp3) is 0.380. The molecule has 2 atom stereocenters. The molecule has 7 aromatic carbocycles. The zero-order valence-corrected chi connectivity index (χ0v) is 86.3. The molecule has 8 heterocycles. The van der Waals surface area contributed by atoms with Crippen LogP contribution < -0.4 is 51.4 Å². The van der Waals surface area contributed by atoms with Gasteiger partial charge in [-0.25, -0.2) is 25.6 Å². The van der Waals surface area contributed by atoms with Gasteiger partial charge in [0.2, 0.25) is 50.2 Å². The maximum Gasteiger partial charge on any atom is 0.294 e. The smallest absolute Gasteiger partial charge is 0.294 e. The van der Waals surface area contributed by atoms with Gasteiger partial charge in [-0.3, -0.25) is 38.1 Å². The zero-order chi connectivity index (χ0) is 104. The van der Waals surface area contributed by atoms with Gasteiger partial charge in [0, 0.05) is 168 Å². The number of rotatable bonds is 37. The van der Waals surface area contributed by atoms with Gasteiger partial charge in [-0.1, -0.05) is 94.2 Å². The first-order valence-corrected chi connectivity index (χ1v) is 56.0. The van der Waals surface area contributed by atoms with E-state index in [4.69, 9.17) is 9.15 Å². The van der Waals surface area contributed by atoms with E-state index >= 15 is 26.0 Å². The molecule has 3 amide bonds. The molecule has 1 saturated carbocycles. The second-order valence-electron chi connectivity index (χ2n) is 39.8. The number of fused-ring (bicyclic) bond motifs is 6. The molecule has 0 spiro atoms. The van der Waals surface area contributed by atoms with Gasteiger partial charge < -0.3 is 44.9 Å². The predicted molar refractivity (Wildman–Crippen MR) is 547 cm³/mol. The largest absolute Gasteiger partial charge is 0.744 e. The summed E-state index contributed by atoms with van der Waals surface area (Å²) >= 11 is 1.35. The summed E-state index contributed by atoms with van der Waals surface area (Å²) in [4.78, 5) is 73.3. The summed E-state index contributed by atoms with van der Waals surface area (Å²) in [5.74, 6) is -13.1. The van der Waals surface area contributed by atoms with Gasteiger partial charge in [0.25, 0.3) is 26.1 Å². The number of hydrazine groups is 2. The number of ether oxygens (including phenoxy) is 1. The number of sulfonamides is 1. The van der Waals surface area contributed by atoms with Crippen LogP contribution in [0, 0.1) is 47.9 Å². The van der Waals surface area contributed by atoms with Gasteiger partial charge in [0.15, 0.2) is 41.2 Å². The van der Waals surface area contributed by atoms with Crippen LogP contribution in [0.3, 0.4) is 0 Å². The van der Waals surface area contributed by atoms with Crippen LogP contribution in [-0.4, -0.2) is 167 Å². The molecule has 7 aliphatic heterocycles. The summed E-state index contributed by atoms with van der Waals surface area (Å²) in [6.07, 6.45) is 17.2. The maximum absolute atomic E-state index is 16.3. The van der Waals surface area contributed by atoms with Crippen molar-refractivity contribution >= 4 is 126 Å². The molecule has 0 bridgehead atoms. The summed E-state index contributed by atoms with van der Waals surface area (Å²) < 4.78 is 219. The number of piperidine rings is 1. The second-order valence-corrected chi connectivity index (χ2v) is 46.8. The Morgan fingerprint density at radius 2 is 1.40 bits per heavy atom. The molecular formula is C108H118F4N11O18S5+. The average Bonchev–Trinajstić information content (AvgIpc) is 1.30. The van der Waals surface area contributed by atoms with E-state index < -0.39 is 134 Å². The lowest BCUT2D eigenvalue weighted by Crippen LogP contribution is -2.57. The van der Waals surface area contributed by atoms with E-state index in [1.807, 2.05) is 113 Å². The highest BCUT2D eigenvalue weighted by molar-refractivity contribution is 7.89. The third-order valence-electron chi connectivity index (χ3n) is 29.7. The van der Waals surface area contributed by atoms with Crippen molar-refractivity contribution < 1.29 is 103 Å². The number of nitrogens with one attached hydrogen (secondary N) is 5. The number of unbranched alkanes of at least 4 members (excludes halogenated alkanes) is 3. The van der Waals surface area contributed by atoms with Crippen molar-refractivity contribution in [2.24, 2.45) is 17.8 Å².